The van der Waals surface area contributed by atoms with Crippen LogP contribution in [0.5, 0.6) is 0 Å². The van der Waals surface area contributed by atoms with Crippen LogP contribution in [-0.4, -0.2) is 22.7 Å². The summed E-state index contributed by atoms with van der Waals surface area (Å²) in [6, 6.07) is 3.90. The van der Waals surface area contributed by atoms with E-state index in [2.05, 4.69) is 39.5 Å². The van der Waals surface area contributed by atoms with Gasteiger partial charge in [-0.3, -0.25) is 0 Å². The molecule has 0 radical (unpaired) electrons. The number of fused-ring (bicyclic) bond motifs is 1. The van der Waals surface area contributed by atoms with Gasteiger partial charge < -0.3 is 10.0 Å². The third-order valence-electron chi connectivity index (χ3n) is 4.11. The van der Waals surface area contributed by atoms with Gasteiger partial charge in [0, 0.05) is 17.3 Å². The predicted molar refractivity (Wildman–Crippen MR) is 83.1 cm³/mol. The van der Waals surface area contributed by atoms with E-state index in [1.807, 2.05) is 6.07 Å². The molecule has 1 aromatic rings. The van der Waals surface area contributed by atoms with Gasteiger partial charge in [0.1, 0.15) is 0 Å². The van der Waals surface area contributed by atoms with Crippen molar-refractivity contribution in [3.8, 4) is 0 Å². The van der Waals surface area contributed by atoms with E-state index in [1.165, 1.54) is 0 Å². The van der Waals surface area contributed by atoms with Gasteiger partial charge in [-0.2, -0.15) is 0 Å². The Bertz CT molecular complexity index is 552. The molecule has 1 aromatic carbocycles. The number of carboxylic acid groups (broad SMARTS) is 1. The van der Waals surface area contributed by atoms with E-state index in [0.29, 0.717) is 17.0 Å². The number of carbonyl (C=O) groups is 1. The zero-order valence-corrected chi connectivity index (χ0v) is 13.5. The fraction of sp³-hybridized carbons (Fsp3) is 0.562. The Hall–Kier alpha value is -1.22. The van der Waals surface area contributed by atoms with Crippen LogP contribution in [0.3, 0.4) is 0 Å². The second-order valence-corrected chi connectivity index (χ2v) is 6.98. The van der Waals surface area contributed by atoms with Crippen molar-refractivity contribution in [3.05, 3.63) is 28.3 Å². The Morgan fingerprint density at radius 3 is 2.55 bits per heavy atom. The zero-order valence-electron chi connectivity index (χ0n) is 12.7. The molecule has 0 saturated carbocycles. The van der Waals surface area contributed by atoms with Crippen molar-refractivity contribution in [2.75, 3.05) is 4.90 Å². The van der Waals surface area contributed by atoms with Crippen LogP contribution in [0, 0.1) is 0 Å². The van der Waals surface area contributed by atoms with Crippen molar-refractivity contribution in [2.45, 2.75) is 58.5 Å². The second-order valence-electron chi connectivity index (χ2n) is 6.58. The maximum absolute atomic E-state index is 11.3. The average Bonchev–Trinajstić information content (AvgIpc) is 2.25. The van der Waals surface area contributed by atoms with Crippen LogP contribution in [0.15, 0.2) is 12.1 Å². The van der Waals surface area contributed by atoms with E-state index >= 15 is 0 Å². The molecule has 1 atom stereocenters. The Kier molecular flexibility index (Phi) is 3.76. The van der Waals surface area contributed by atoms with E-state index in [-0.39, 0.29) is 11.1 Å². The Morgan fingerprint density at radius 1 is 1.45 bits per heavy atom. The van der Waals surface area contributed by atoms with Crippen molar-refractivity contribution in [1.29, 1.82) is 0 Å². The van der Waals surface area contributed by atoms with Gasteiger partial charge in [0.2, 0.25) is 0 Å². The fourth-order valence-electron chi connectivity index (χ4n) is 3.61. The molecular formula is C16H22ClNO2. The number of aromatic carboxylic acids is 1. The summed E-state index contributed by atoms with van der Waals surface area (Å²) in [6.45, 7) is 10.9. The molecule has 1 aliphatic heterocycles. The molecular weight excluding hydrogens is 274 g/mol. The van der Waals surface area contributed by atoms with Gasteiger partial charge >= 0.3 is 5.97 Å². The number of rotatable bonds is 2. The van der Waals surface area contributed by atoms with E-state index in [0.717, 1.165) is 17.7 Å². The summed E-state index contributed by atoms with van der Waals surface area (Å²) in [5.41, 5.74) is 2.38. The number of halogens is 1. The van der Waals surface area contributed by atoms with Gasteiger partial charge in [-0.25, -0.2) is 4.79 Å². The van der Waals surface area contributed by atoms with Gasteiger partial charge in [0.05, 0.1) is 10.6 Å². The normalized spacial score (nSPS) is 20.9. The number of hydrogen-bond acceptors (Lipinski definition) is 2. The van der Waals surface area contributed by atoms with E-state index in [9.17, 15) is 9.90 Å². The summed E-state index contributed by atoms with van der Waals surface area (Å²) < 4.78 is 0. The van der Waals surface area contributed by atoms with Crippen molar-refractivity contribution in [1.82, 2.24) is 0 Å². The molecule has 0 aromatic heterocycles. The highest BCUT2D eigenvalue weighted by atomic mass is 35.5. The number of carboxylic acids is 1. The maximum Gasteiger partial charge on any atom is 0.337 e. The van der Waals surface area contributed by atoms with Crippen LogP contribution in [0.25, 0.3) is 0 Å². The van der Waals surface area contributed by atoms with Gasteiger partial charge in [-0.1, -0.05) is 18.5 Å². The quantitative estimate of drug-likeness (QED) is 0.871. The molecule has 20 heavy (non-hydrogen) atoms. The van der Waals surface area contributed by atoms with Crippen LogP contribution >= 0.6 is 11.6 Å². The molecule has 1 N–H and O–H groups in total. The van der Waals surface area contributed by atoms with E-state index < -0.39 is 5.97 Å². The predicted octanol–water partition coefficient (Wildman–Crippen LogP) is 4.54. The van der Waals surface area contributed by atoms with Gasteiger partial charge in [-0.05, 0) is 57.7 Å². The summed E-state index contributed by atoms with van der Waals surface area (Å²) >= 11 is 6.16. The zero-order chi connectivity index (χ0) is 15.2. The highest BCUT2D eigenvalue weighted by molar-refractivity contribution is 6.33. The third kappa shape index (κ3) is 2.39. The van der Waals surface area contributed by atoms with Crippen LogP contribution < -0.4 is 4.90 Å². The van der Waals surface area contributed by atoms with Crippen molar-refractivity contribution >= 4 is 23.3 Å². The SMILES string of the molecule is CC(C)N1c2cc(Cl)c(C(=O)O)cc2[C@H](C)CC1(C)C. The fourth-order valence-corrected chi connectivity index (χ4v) is 3.85. The lowest BCUT2D eigenvalue weighted by Crippen LogP contribution is -2.51. The lowest BCUT2D eigenvalue weighted by atomic mass is 9.79. The summed E-state index contributed by atoms with van der Waals surface area (Å²) in [5, 5.41) is 9.55. The largest absolute Gasteiger partial charge is 0.478 e. The van der Waals surface area contributed by atoms with Crippen LogP contribution in [0.2, 0.25) is 5.02 Å². The number of anilines is 1. The first-order valence-electron chi connectivity index (χ1n) is 7.01. The molecule has 2 rings (SSSR count). The minimum atomic E-state index is -0.967. The molecule has 110 valence electrons. The lowest BCUT2D eigenvalue weighted by Gasteiger charge is -2.50. The van der Waals surface area contributed by atoms with Crippen LogP contribution in [0.1, 0.15) is 62.9 Å². The number of benzene rings is 1. The Labute approximate surface area is 125 Å². The summed E-state index contributed by atoms with van der Waals surface area (Å²) in [6.07, 6.45) is 0.999. The van der Waals surface area contributed by atoms with Gasteiger partial charge in [-0.15, -0.1) is 0 Å². The molecule has 4 heteroatoms. The standard InChI is InChI=1S/C16H22ClNO2/c1-9(2)18-14-7-13(17)12(15(19)20)6-11(14)10(3)8-16(18,4)5/h6-7,9-10H,8H2,1-5H3,(H,19,20)/t10-/m1/s1. The minimum absolute atomic E-state index is 0.0364. The summed E-state index contributed by atoms with van der Waals surface area (Å²) in [7, 11) is 0. The molecule has 3 nitrogen and oxygen atoms in total. The molecule has 0 fully saturated rings. The highest BCUT2D eigenvalue weighted by Crippen LogP contribution is 2.46. The average molecular weight is 296 g/mol. The minimum Gasteiger partial charge on any atom is -0.478 e. The molecule has 0 saturated heterocycles. The molecule has 0 spiro atoms. The van der Waals surface area contributed by atoms with E-state index in [4.69, 9.17) is 11.6 Å². The van der Waals surface area contributed by atoms with Gasteiger partial charge in [0.15, 0.2) is 0 Å². The first kappa shape index (κ1) is 15.2. The van der Waals surface area contributed by atoms with Crippen molar-refractivity contribution < 1.29 is 9.90 Å². The topological polar surface area (TPSA) is 40.5 Å². The maximum atomic E-state index is 11.3. The number of hydrogen-bond donors (Lipinski definition) is 1. The third-order valence-corrected chi connectivity index (χ3v) is 4.42. The smallest absolute Gasteiger partial charge is 0.337 e. The Morgan fingerprint density at radius 2 is 2.05 bits per heavy atom. The molecule has 0 unspecified atom stereocenters. The number of nitrogens with zero attached hydrogens (tertiary/aromatic N) is 1. The van der Waals surface area contributed by atoms with Gasteiger partial charge in [0.25, 0.3) is 0 Å². The first-order chi connectivity index (χ1) is 9.15. The lowest BCUT2D eigenvalue weighted by molar-refractivity contribution is 0.0697. The molecule has 0 aliphatic carbocycles. The first-order valence-corrected chi connectivity index (χ1v) is 7.39. The summed E-state index contributed by atoms with van der Waals surface area (Å²) in [5.74, 6) is -0.642. The van der Waals surface area contributed by atoms with E-state index in [1.54, 1.807) is 6.07 Å². The molecule has 0 bridgehead atoms. The second kappa shape index (κ2) is 4.96. The monoisotopic (exact) mass is 295 g/mol. The van der Waals surface area contributed by atoms with Crippen LogP contribution in [-0.2, 0) is 0 Å². The highest BCUT2D eigenvalue weighted by Gasteiger charge is 2.38. The summed E-state index contributed by atoms with van der Waals surface area (Å²) in [4.78, 5) is 13.6. The molecule has 1 heterocycles. The van der Waals surface area contributed by atoms with Crippen LogP contribution in [0.4, 0.5) is 5.69 Å². The van der Waals surface area contributed by atoms with Crippen molar-refractivity contribution in [2.24, 2.45) is 0 Å². The molecule has 1 aliphatic rings. The molecule has 0 amide bonds. The van der Waals surface area contributed by atoms with Crippen molar-refractivity contribution in [3.63, 3.8) is 0 Å². The Balaban J connectivity index is 2.67.